The number of fused-ring (bicyclic) bond motifs is 1. The maximum Gasteiger partial charge on any atom is 0.274 e. The maximum atomic E-state index is 12.1. The van der Waals surface area contributed by atoms with Crippen LogP contribution < -0.4 is 21.5 Å². The Labute approximate surface area is 132 Å². The van der Waals surface area contributed by atoms with Crippen LogP contribution in [0.5, 0.6) is 5.75 Å². The predicted octanol–water partition coefficient (Wildman–Crippen LogP) is 1.22. The fourth-order valence-electron chi connectivity index (χ4n) is 1.91. The van der Waals surface area contributed by atoms with E-state index in [0.717, 1.165) is 6.42 Å². The first-order valence-electron chi connectivity index (χ1n) is 6.74. The van der Waals surface area contributed by atoms with Crippen LogP contribution in [-0.2, 0) is 0 Å². The van der Waals surface area contributed by atoms with Gasteiger partial charge in [0.15, 0.2) is 5.96 Å². The number of carbonyl (C=O) groups is 1. The zero-order chi connectivity index (χ0) is 16.1. The van der Waals surface area contributed by atoms with Crippen LogP contribution in [0, 0.1) is 0 Å². The topological polar surface area (TPSA) is 119 Å². The number of nitrogens with one attached hydrogen (secondary N) is 2. The molecular formula is C14H18ClN5O2. The van der Waals surface area contributed by atoms with E-state index in [1.807, 2.05) is 0 Å². The molecule has 0 radical (unpaired) electrons. The van der Waals surface area contributed by atoms with Crippen molar-refractivity contribution < 1.29 is 9.53 Å². The number of H-pyrrole nitrogens is 1. The number of halogens is 1. The van der Waals surface area contributed by atoms with E-state index in [-0.39, 0.29) is 5.96 Å². The van der Waals surface area contributed by atoms with Gasteiger partial charge in [0, 0.05) is 12.4 Å². The van der Waals surface area contributed by atoms with Crippen molar-refractivity contribution in [2.45, 2.75) is 6.42 Å². The van der Waals surface area contributed by atoms with Crippen molar-refractivity contribution >= 4 is 34.4 Å². The zero-order valence-electron chi connectivity index (χ0n) is 12.1. The van der Waals surface area contributed by atoms with Crippen molar-refractivity contribution in [2.24, 2.45) is 16.5 Å². The number of aromatic nitrogens is 1. The Bertz CT molecular complexity index is 711. The molecule has 0 saturated carbocycles. The van der Waals surface area contributed by atoms with Crippen LogP contribution in [0.15, 0.2) is 23.2 Å². The molecule has 0 aliphatic carbocycles. The van der Waals surface area contributed by atoms with Gasteiger partial charge in [0.2, 0.25) is 0 Å². The van der Waals surface area contributed by atoms with Crippen molar-refractivity contribution in [1.82, 2.24) is 10.3 Å². The van der Waals surface area contributed by atoms with E-state index in [4.69, 9.17) is 27.8 Å². The first-order chi connectivity index (χ1) is 10.6. The molecular weight excluding hydrogens is 306 g/mol. The van der Waals surface area contributed by atoms with Gasteiger partial charge in [-0.2, -0.15) is 0 Å². The van der Waals surface area contributed by atoms with Gasteiger partial charge in [0.25, 0.3) is 5.91 Å². The Kier molecular flexibility index (Phi) is 5.24. The quantitative estimate of drug-likeness (QED) is 0.376. The van der Waals surface area contributed by atoms with Crippen LogP contribution >= 0.6 is 11.6 Å². The van der Waals surface area contributed by atoms with Gasteiger partial charge in [-0.15, -0.1) is 0 Å². The van der Waals surface area contributed by atoms with Crippen molar-refractivity contribution in [3.63, 3.8) is 0 Å². The minimum Gasteiger partial charge on any atom is -0.491 e. The summed E-state index contributed by atoms with van der Waals surface area (Å²) in [4.78, 5) is 18.7. The summed E-state index contributed by atoms with van der Waals surface area (Å²) >= 11 is 6.17. The minimum absolute atomic E-state index is 0.0363. The Morgan fingerprint density at radius 2 is 2.27 bits per heavy atom. The molecule has 7 nitrogen and oxygen atoms in total. The van der Waals surface area contributed by atoms with Gasteiger partial charge in [-0.1, -0.05) is 11.6 Å². The summed E-state index contributed by atoms with van der Waals surface area (Å²) in [5.74, 6) is 0.251. The number of hydrogen-bond donors (Lipinski definition) is 4. The van der Waals surface area contributed by atoms with E-state index in [1.54, 1.807) is 18.2 Å². The van der Waals surface area contributed by atoms with E-state index in [0.29, 0.717) is 40.5 Å². The Morgan fingerprint density at radius 1 is 1.50 bits per heavy atom. The molecule has 0 unspecified atom stereocenters. The number of nitrogens with zero attached hydrogens (tertiary/aromatic N) is 1. The number of carbonyl (C=O) groups excluding carboxylic acids is 1. The van der Waals surface area contributed by atoms with Crippen LogP contribution in [0.1, 0.15) is 16.9 Å². The lowest BCUT2D eigenvalue weighted by Crippen LogP contribution is -2.36. The van der Waals surface area contributed by atoms with Gasteiger partial charge in [0.05, 0.1) is 17.1 Å². The van der Waals surface area contributed by atoms with E-state index in [1.165, 1.54) is 7.05 Å². The van der Waals surface area contributed by atoms with E-state index in [9.17, 15) is 4.79 Å². The summed E-state index contributed by atoms with van der Waals surface area (Å²) in [5.41, 5.74) is 11.9. The standard InChI is InChI=1S/C14H18ClN5O2/c1-18-14(17)20-13(21)10-7-8-9(15)3-4-11(12(8)19-10)22-6-2-5-16/h3-4,7,19H,2,5-6,16H2,1H3,(H3,17,18,20,21). The van der Waals surface area contributed by atoms with Gasteiger partial charge >= 0.3 is 0 Å². The molecule has 0 fully saturated rings. The molecule has 0 aliphatic heterocycles. The lowest BCUT2D eigenvalue weighted by molar-refractivity contribution is 0.0972. The summed E-state index contributed by atoms with van der Waals surface area (Å²) in [7, 11) is 1.49. The molecule has 0 spiro atoms. The SMILES string of the molecule is CN=C(N)NC(=O)c1cc2c(Cl)ccc(OCCCN)c2[nH]1. The highest BCUT2D eigenvalue weighted by atomic mass is 35.5. The molecule has 1 aromatic heterocycles. The molecule has 0 saturated heterocycles. The third kappa shape index (κ3) is 3.49. The summed E-state index contributed by atoms with van der Waals surface area (Å²) in [6.07, 6.45) is 0.738. The molecule has 0 aliphatic rings. The van der Waals surface area contributed by atoms with Gasteiger partial charge in [-0.3, -0.25) is 15.1 Å². The molecule has 2 aromatic rings. The largest absolute Gasteiger partial charge is 0.491 e. The van der Waals surface area contributed by atoms with Crippen molar-refractivity contribution in [2.75, 3.05) is 20.2 Å². The number of rotatable bonds is 5. The number of aromatic amines is 1. The molecule has 1 aromatic carbocycles. The minimum atomic E-state index is -0.400. The van der Waals surface area contributed by atoms with Crippen molar-refractivity contribution in [3.8, 4) is 5.75 Å². The van der Waals surface area contributed by atoms with Gasteiger partial charge < -0.3 is 21.2 Å². The summed E-state index contributed by atoms with van der Waals surface area (Å²) in [6.45, 7) is 1.04. The van der Waals surface area contributed by atoms with Gasteiger partial charge in [-0.05, 0) is 31.2 Å². The van der Waals surface area contributed by atoms with E-state index < -0.39 is 5.91 Å². The lowest BCUT2D eigenvalue weighted by Gasteiger charge is -2.07. The Hall–Kier alpha value is -2.25. The second kappa shape index (κ2) is 7.15. The predicted molar refractivity (Wildman–Crippen MR) is 87.5 cm³/mol. The number of guanidine groups is 1. The van der Waals surface area contributed by atoms with Gasteiger partial charge in [-0.25, -0.2) is 0 Å². The molecule has 0 bridgehead atoms. The Balaban J connectivity index is 2.33. The molecule has 2 rings (SSSR count). The third-order valence-electron chi connectivity index (χ3n) is 3.04. The Morgan fingerprint density at radius 3 is 2.95 bits per heavy atom. The number of amides is 1. The molecule has 22 heavy (non-hydrogen) atoms. The monoisotopic (exact) mass is 323 g/mol. The molecule has 6 N–H and O–H groups in total. The first-order valence-corrected chi connectivity index (χ1v) is 7.12. The highest BCUT2D eigenvalue weighted by Crippen LogP contribution is 2.31. The average molecular weight is 324 g/mol. The van der Waals surface area contributed by atoms with Gasteiger partial charge in [0.1, 0.15) is 11.4 Å². The normalized spacial score (nSPS) is 11.7. The van der Waals surface area contributed by atoms with Crippen molar-refractivity contribution in [1.29, 1.82) is 0 Å². The summed E-state index contributed by atoms with van der Waals surface area (Å²) in [5, 5.41) is 3.68. The fourth-order valence-corrected chi connectivity index (χ4v) is 2.12. The maximum absolute atomic E-state index is 12.1. The smallest absolute Gasteiger partial charge is 0.274 e. The number of benzene rings is 1. The molecule has 118 valence electrons. The van der Waals surface area contributed by atoms with E-state index in [2.05, 4.69) is 15.3 Å². The number of ether oxygens (including phenoxy) is 1. The molecule has 8 heteroatoms. The lowest BCUT2D eigenvalue weighted by atomic mass is 10.2. The third-order valence-corrected chi connectivity index (χ3v) is 3.37. The second-order valence-corrected chi connectivity index (χ2v) is 4.98. The average Bonchev–Trinajstić information content (AvgIpc) is 2.96. The zero-order valence-corrected chi connectivity index (χ0v) is 12.9. The molecule has 1 amide bonds. The number of aliphatic imine (C=N–C) groups is 1. The first kappa shape index (κ1) is 16.1. The van der Waals surface area contributed by atoms with Crippen LogP contribution in [0.2, 0.25) is 5.02 Å². The molecule has 0 atom stereocenters. The highest BCUT2D eigenvalue weighted by molar-refractivity contribution is 6.35. The number of hydrogen-bond acceptors (Lipinski definition) is 4. The van der Waals surface area contributed by atoms with Crippen LogP contribution in [-0.4, -0.2) is 37.1 Å². The highest BCUT2D eigenvalue weighted by Gasteiger charge is 2.15. The van der Waals surface area contributed by atoms with Crippen LogP contribution in [0.4, 0.5) is 0 Å². The second-order valence-electron chi connectivity index (χ2n) is 4.57. The summed E-state index contributed by atoms with van der Waals surface area (Å²) in [6, 6.07) is 5.12. The van der Waals surface area contributed by atoms with Crippen LogP contribution in [0.25, 0.3) is 10.9 Å². The van der Waals surface area contributed by atoms with E-state index >= 15 is 0 Å². The summed E-state index contributed by atoms with van der Waals surface area (Å²) < 4.78 is 5.66. The number of nitrogens with two attached hydrogens (primary N) is 2. The molecule has 1 heterocycles. The fraction of sp³-hybridized carbons (Fsp3) is 0.286. The van der Waals surface area contributed by atoms with Crippen molar-refractivity contribution in [3.05, 3.63) is 28.9 Å². The van der Waals surface area contributed by atoms with Crippen LogP contribution in [0.3, 0.4) is 0 Å².